The molecular formula is C20H28N4O3. The van der Waals surface area contributed by atoms with Gasteiger partial charge in [-0.1, -0.05) is 31.5 Å². The summed E-state index contributed by atoms with van der Waals surface area (Å²) in [4.78, 5) is 45.0. The predicted octanol–water partition coefficient (Wildman–Crippen LogP) is 2.39. The lowest BCUT2D eigenvalue weighted by atomic mass is 9.99. The van der Waals surface area contributed by atoms with Crippen molar-refractivity contribution in [3.8, 4) is 0 Å². The molecule has 2 rings (SSSR count). The number of hydrogen-bond acceptors (Lipinski definition) is 5. The van der Waals surface area contributed by atoms with Crippen molar-refractivity contribution in [2.24, 2.45) is 10.9 Å². The van der Waals surface area contributed by atoms with Crippen molar-refractivity contribution in [3.63, 3.8) is 0 Å². The molecule has 27 heavy (non-hydrogen) atoms. The average molecular weight is 372 g/mol. The first kappa shape index (κ1) is 20.8. The van der Waals surface area contributed by atoms with Crippen LogP contribution < -0.4 is 10.2 Å². The third-order valence-corrected chi connectivity index (χ3v) is 4.76. The minimum absolute atomic E-state index is 0.432. The van der Waals surface area contributed by atoms with Gasteiger partial charge in [-0.25, -0.2) is 9.69 Å². The lowest BCUT2D eigenvalue weighted by molar-refractivity contribution is -0.131. The molecule has 0 radical (unpaired) electrons. The van der Waals surface area contributed by atoms with Crippen molar-refractivity contribution >= 4 is 29.2 Å². The number of hydrogen-bond donors (Lipinski definition) is 1. The Bertz CT molecular complexity index is 723. The Morgan fingerprint density at radius 3 is 2.37 bits per heavy atom. The van der Waals surface area contributed by atoms with Crippen LogP contribution in [0.5, 0.6) is 0 Å². The lowest BCUT2D eigenvalue weighted by Gasteiger charge is -2.30. The molecule has 1 aromatic carbocycles. The smallest absolute Gasteiger partial charge is 0.304 e. The van der Waals surface area contributed by atoms with Crippen LogP contribution in [0.25, 0.3) is 0 Å². The molecule has 0 aromatic heterocycles. The topological polar surface area (TPSA) is 82.1 Å². The minimum Gasteiger partial charge on any atom is -0.304 e. The molecule has 146 valence electrons. The van der Waals surface area contributed by atoms with Gasteiger partial charge in [0.25, 0.3) is 5.91 Å². The highest BCUT2D eigenvalue weighted by molar-refractivity contribution is 6.35. The Morgan fingerprint density at radius 1 is 1.15 bits per heavy atom. The summed E-state index contributed by atoms with van der Waals surface area (Å²) in [7, 11) is 0. The second-order valence-electron chi connectivity index (χ2n) is 6.64. The number of carbonyl (C=O) groups excluding carboxylic acids is 3. The summed E-state index contributed by atoms with van der Waals surface area (Å²) in [5.41, 5.74) is 1.89. The minimum atomic E-state index is -1.07. The van der Waals surface area contributed by atoms with Crippen LogP contribution in [0.3, 0.4) is 0 Å². The second kappa shape index (κ2) is 9.41. The van der Waals surface area contributed by atoms with Crippen molar-refractivity contribution in [2.45, 2.75) is 34.1 Å². The number of aliphatic imine (C=N–C) groups is 1. The van der Waals surface area contributed by atoms with Crippen LogP contribution in [0, 0.1) is 12.8 Å². The molecule has 1 aromatic rings. The molecule has 0 aliphatic carbocycles. The Kier molecular flexibility index (Phi) is 7.24. The van der Waals surface area contributed by atoms with Crippen LogP contribution >= 0.6 is 0 Å². The van der Waals surface area contributed by atoms with Gasteiger partial charge in [0.05, 0.1) is 5.69 Å². The summed E-state index contributed by atoms with van der Waals surface area (Å²) < 4.78 is 0. The number of nitrogens with zero attached hydrogens (tertiary/aromatic N) is 3. The van der Waals surface area contributed by atoms with Gasteiger partial charge in [-0.3, -0.25) is 19.9 Å². The van der Waals surface area contributed by atoms with Gasteiger partial charge in [0.1, 0.15) is 0 Å². The molecule has 1 aliphatic rings. The van der Waals surface area contributed by atoms with E-state index in [1.54, 1.807) is 19.1 Å². The van der Waals surface area contributed by atoms with E-state index < -0.39 is 23.8 Å². The number of amides is 4. The average Bonchev–Trinajstić information content (AvgIpc) is 2.63. The molecule has 1 unspecified atom stereocenters. The number of urea groups is 1. The summed E-state index contributed by atoms with van der Waals surface area (Å²) in [6, 6.07) is 6.29. The lowest BCUT2D eigenvalue weighted by Crippen LogP contribution is -2.60. The van der Waals surface area contributed by atoms with Crippen molar-refractivity contribution in [3.05, 3.63) is 29.8 Å². The summed E-state index contributed by atoms with van der Waals surface area (Å²) in [5, 5.41) is 2.27. The van der Waals surface area contributed by atoms with Crippen molar-refractivity contribution in [2.75, 3.05) is 31.1 Å². The highest BCUT2D eigenvalue weighted by atomic mass is 16.2. The van der Waals surface area contributed by atoms with Crippen LogP contribution in [-0.2, 0) is 9.59 Å². The first-order valence-electron chi connectivity index (χ1n) is 9.37. The molecule has 1 saturated heterocycles. The quantitative estimate of drug-likeness (QED) is 0.431. The highest BCUT2D eigenvalue weighted by Crippen LogP contribution is 2.22. The first-order chi connectivity index (χ1) is 12.9. The molecule has 1 heterocycles. The van der Waals surface area contributed by atoms with Gasteiger partial charge in [0.15, 0.2) is 5.92 Å². The van der Waals surface area contributed by atoms with Crippen LogP contribution in [0.4, 0.5) is 10.5 Å². The molecule has 1 N–H and O–H groups in total. The monoisotopic (exact) mass is 372 g/mol. The maximum atomic E-state index is 12.9. The molecule has 4 amide bonds. The standard InChI is InChI=1S/C20H28N4O3/c1-5-23(6-2)13-7-12-21-15(4)17-18(25)22-20(27)24(19(17)26)16-10-8-14(3)9-11-16/h8-11,17H,5-7,12-13H2,1-4H3,(H,22,25,27). The zero-order valence-corrected chi connectivity index (χ0v) is 16.5. The fourth-order valence-corrected chi connectivity index (χ4v) is 3.06. The first-order valence-corrected chi connectivity index (χ1v) is 9.37. The van der Waals surface area contributed by atoms with E-state index >= 15 is 0 Å². The van der Waals surface area contributed by atoms with Crippen molar-refractivity contribution < 1.29 is 14.4 Å². The predicted molar refractivity (Wildman–Crippen MR) is 106 cm³/mol. The third kappa shape index (κ3) is 5.01. The number of anilines is 1. The van der Waals surface area contributed by atoms with Crippen molar-refractivity contribution in [1.82, 2.24) is 10.2 Å². The summed E-state index contributed by atoms with van der Waals surface area (Å²) in [6.07, 6.45) is 0.849. The number of barbiturate groups is 1. The van der Waals surface area contributed by atoms with Gasteiger partial charge in [-0.15, -0.1) is 0 Å². The SMILES string of the molecule is CCN(CC)CCCN=C(C)C1C(=O)NC(=O)N(c2ccc(C)cc2)C1=O. The van der Waals surface area contributed by atoms with E-state index in [1.165, 1.54) is 0 Å². The molecule has 7 nitrogen and oxygen atoms in total. The van der Waals surface area contributed by atoms with E-state index in [2.05, 4.69) is 29.1 Å². The van der Waals surface area contributed by atoms with E-state index in [9.17, 15) is 14.4 Å². The molecule has 0 saturated carbocycles. The van der Waals surface area contributed by atoms with Gasteiger partial charge in [-0.05, 0) is 52.0 Å². The Morgan fingerprint density at radius 2 is 1.78 bits per heavy atom. The van der Waals surface area contributed by atoms with Gasteiger partial charge < -0.3 is 4.90 Å². The number of aryl methyl sites for hydroxylation is 1. The van der Waals surface area contributed by atoms with Gasteiger partial charge in [0.2, 0.25) is 5.91 Å². The van der Waals surface area contributed by atoms with Gasteiger partial charge >= 0.3 is 6.03 Å². The van der Waals surface area contributed by atoms with E-state index in [4.69, 9.17) is 0 Å². The highest BCUT2D eigenvalue weighted by Gasteiger charge is 2.42. The third-order valence-electron chi connectivity index (χ3n) is 4.76. The Labute approximate surface area is 160 Å². The second-order valence-corrected chi connectivity index (χ2v) is 6.64. The molecule has 0 spiro atoms. The van der Waals surface area contributed by atoms with Crippen LogP contribution in [-0.4, -0.2) is 54.6 Å². The van der Waals surface area contributed by atoms with Gasteiger partial charge in [-0.2, -0.15) is 0 Å². The van der Waals surface area contributed by atoms with Crippen molar-refractivity contribution in [1.29, 1.82) is 0 Å². The van der Waals surface area contributed by atoms with Crippen LogP contribution in [0.15, 0.2) is 29.3 Å². The molecule has 1 atom stereocenters. The number of imide groups is 2. The van der Waals surface area contributed by atoms with E-state index in [-0.39, 0.29) is 0 Å². The van der Waals surface area contributed by atoms with E-state index in [0.717, 1.165) is 36.5 Å². The fraction of sp³-hybridized carbons (Fsp3) is 0.500. The number of benzene rings is 1. The van der Waals surface area contributed by atoms with E-state index in [0.29, 0.717) is 17.9 Å². The number of carbonyl (C=O) groups is 3. The number of rotatable bonds is 8. The molecule has 7 heteroatoms. The normalized spacial score (nSPS) is 18.3. The van der Waals surface area contributed by atoms with E-state index in [1.807, 2.05) is 19.1 Å². The van der Waals surface area contributed by atoms with Gasteiger partial charge in [0, 0.05) is 12.3 Å². The Hall–Kier alpha value is -2.54. The van der Waals surface area contributed by atoms with Crippen LogP contribution in [0.2, 0.25) is 0 Å². The maximum absolute atomic E-state index is 12.9. The molecule has 0 bridgehead atoms. The summed E-state index contributed by atoms with van der Waals surface area (Å²) in [6.45, 7) is 11.2. The zero-order chi connectivity index (χ0) is 20.0. The zero-order valence-electron chi connectivity index (χ0n) is 16.5. The number of nitrogens with one attached hydrogen (secondary N) is 1. The molecule has 1 aliphatic heterocycles. The molecular weight excluding hydrogens is 344 g/mol. The summed E-state index contributed by atoms with van der Waals surface area (Å²) >= 11 is 0. The fourth-order valence-electron chi connectivity index (χ4n) is 3.06. The van der Waals surface area contributed by atoms with Crippen LogP contribution in [0.1, 0.15) is 32.8 Å². The largest absolute Gasteiger partial charge is 0.335 e. The molecule has 1 fully saturated rings. The Balaban J connectivity index is 2.11. The maximum Gasteiger partial charge on any atom is 0.335 e. The summed E-state index contributed by atoms with van der Waals surface area (Å²) in [5.74, 6) is -2.24.